The van der Waals surface area contributed by atoms with Gasteiger partial charge >= 0.3 is 0 Å². The Morgan fingerprint density at radius 3 is 2.57 bits per heavy atom. The molecule has 0 amide bonds. The van der Waals surface area contributed by atoms with E-state index < -0.39 is 0 Å². The van der Waals surface area contributed by atoms with Gasteiger partial charge in [0.25, 0.3) is 0 Å². The molecule has 3 rings (SSSR count). The summed E-state index contributed by atoms with van der Waals surface area (Å²) >= 11 is 1.45. The molecule has 21 heavy (non-hydrogen) atoms. The maximum Gasteiger partial charge on any atom is 0.148 e. The van der Waals surface area contributed by atoms with Crippen LogP contribution in [0.1, 0.15) is 22.2 Å². The second-order valence-electron chi connectivity index (χ2n) is 4.78. The molecule has 106 valence electrons. The Hall–Kier alpha value is -2.24. The number of hydrogen-bond donors (Lipinski definition) is 2. The van der Waals surface area contributed by atoms with E-state index in [4.69, 9.17) is 5.73 Å². The molecule has 3 aromatic rings. The SMILES string of the molecule is Cc1c(O)cccc1-c1nnc(C(N)c2ccccc2)s1. The van der Waals surface area contributed by atoms with Crippen LogP contribution in [0.25, 0.3) is 10.6 Å². The fraction of sp³-hybridized carbons (Fsp3) is 0.125. The van der Waals surface area contributed by atoms with Crippen LogP contribution in [0, 0.1) is 6.92 Å². The van der Waals surface area contributed by atoms with Crippen molar-refractivity contribution >= 4 is 11.3 Å². The van der Waals surface area contributed by atoms with Crippen LogP contribution in [0.15, 0.2) is 48.5 Å². The zero-order valence-electron chi connectivity index (χ0n) is 11.5. The van der Waals surface area contributed by atoms with Gasteiger partial charge in [-0.05, 0) is 18.6 Å². The average Bonchev–Trinajstić information content (AvgIpc) is 3.00. The lowest BCUT2D eigenvalue weighted by molar-refractivity contribution is 0.471. The van der Waals surface area contributed by atoms with Crippen molar-refractivity contribution in [2.75, 3.05) is 0 Å². The van der Waals surface area contributed by atoms with Crippen LogP contribution in [0.2, 0.25) is 0 Å². The van der Waals surface area contributed by atoms with E-state index in [2.05, 4.69) is 10.2 Å². The molecule has 3 N–H and O–H groups in total. The first-order valence-electron chi connectivity index (χ1n) is 6.59. The molecular weight excluding hydrogens is 282 g/mol. The van der Waals surface area contributed by atoms with E-state index in [0.29, 0.717) is 0 Å². The van der Waals surface area contributed by atoms with Crippen LogP contribution in [0.5, 0.6) is 5.75 Å². The van der Waals surface area contributed by atoms with Gasteiger partial charge in [0.05, 0.1) is 6.04 Å². The molecule has 0 saturated heterocycles. The van der Waals surface area contributed by atoms with Crippen LogP contribution >= 0.6 is 11.3 Å². The number of aromatic hydroxyl groups is 1. The number of rotatable bonds is 3. The standard InChI is InChI=1S/C16H15N3OS/c1-10-12(8-5-9-13(10)20)15-18-19-16(21-15)14(17)11-6-3-2-4-7-11/h2-9,14,20H,17H2,1H3. The molecule has 0 aliphatic carbocycles. The second-order valence-corrected chi connectivity index (χ2v) is 5.79. The summed E-state index contributed by atoms with van der Waals surface area (Å²) in [5.41, 5.74) is 8.93. The van der Waals surface area contributed by atoms with Gasteiger partial charge in [-0.2, -0.15) is 0 Å². The summed E-state index contributed by atoms with van der Waals surface area (Å²) in [4.78, 5) is 0. The Morgan fingerprint density at radius 2 is 1.81 bits per heavy atom. The molecule has 1 unspecified atom stereocenters. The summed E-state index contributed by atoms with van der Waals surface area (Å²) in [7, 11) is 0. The van der Waals surface area contributed by atoms with Crippen molar-refractivity contribution in [3.63, 3.8) is 0 Å². The van der Waals surface area contributed by atoms with Crippen LogP contribution in [-0.2, 0) is 0 Å². The van der Waals surface area contributed by atoms with Gasteiger partial charge in [0, 0.05) is 11.1 Å². The van der Waals surface area contributed by atoms with Crippen molar-refractivity contribution in [1.29, 1.82) is 0 Å². The quantitative estimate of drug-likeness (QED) is 0.778. The minimum atomic E-state index is -0.282. The maximum atomic E-state index is 9.79. The van der Waals surface area contributed by atoms with E-state index in [-0.39, 0.29) is 11.8 Å². The Balaban J connectivity index is 1.95. The van der Waals surface area contributed by atoms with Crippen molar-refractivity contribution in [2.24, 2.45) is 5.73 Å². The van der Waals surface area contributed by atoms with Crippen LogP contribution in [-0.4, -0.2) is 15.3 Å². The van der Waals surface area contributed by atoms with Crippen LogP contribution in [0.3, 0.4) is 0 Å². The minimum Gasteiger partial charge on any atom is -0.508 e. The highest BCUT2D eigenvalue weighted by Crippen LogP contribution is 2.33. The lowest BCUT2D eigenvalue weighted by Crippen LogP contribution is -2.11. The fourth-order valence-electron chi connectivity index (χ4n) is 2.13. The van der Waals surface area contributed by atoms with Crippen molar-refractivity contribution < 1.29 is 5.11 Å². The molecule has 0 bridgehead atoms. The van der Waals surface area contributed by atoms with E-state index in [1.54, 1.807) is 12.1 Å². The monoisotopic (exact) mass is 297 g/mol. The highest BCUT2D eigenvalue weighted by Gasteiger charge is 2.16. The molecule has 4 nitrogen and oxygen atoms in total. The molecule has 1 heterocycles. The Labute approximate surface area is 126 Å². The summed E-state index contributed by atoms with van der Waals surface area (Å²) in [5, 5.41) is 19.7. The van der Waals surface area contributed by atoms with Gasteiger partial charge in [-0.3, -0.25) is 0 Å². The topological polar surface area (TPSA) is 72.0 Å². The maximum absolute atomic E-state index is 9.79. The fourth-order valence-corrected chi connectivity index (χ4v) is 3.08. The van der Waals surface area contributed by atoms with Crippen molar-refractivity contribution in [2.45, 2.75) is 13.0 Å². The number of nitrogens with zero attached hydrogens (tertiary/aromatic N) is 2. The molecule has 0 spiro atoms. The van der Waals surface area contributed by atoms with Gasteiger partial charge in [0.2, 0.25) is 0 Å². The molecule has 0 radical (unpaired) electrons. The van der Waals surface area contributed by atoms with Gasteiger partial charge in [0.1, 0.15) is 15.8 Å². The predicted molar refractivity (Wildman–Crippen MR) is 84.2 cm³/mol. The van der Waals surface area contributed by atoms with Gasteiger partial charge < -0.3 is 10.8 Å². The van der Waals surface area contributed by atoms with Crippen molar-refractivity contribution in [3.8, 4) is 16.3 Å². The number of phenols is 1. The summed E-state index contributed by atoms with van der Waals surface area (Å²) < 4.78 is 0. The van der Waals surface area contributed by atoms with Gasteiger partial charge in [0.15, 0.2) is 0 Å². The summed E-state index contributed by atoms with van der Waals surface area (Å²) in [6.45, 7) is 1.86. The van der Waals surface area contributed by atoms with Crippen LogP contribution < -0.4 is 5.73 Å². The van der Waals surface area contributed by atoms with Gasteiger partial charge in [-0.1, -0.05) is 53.8 Å². The Bertz CT molecular complexity index is 755. The Morgan fingerprint density at radius 1 is 1.05 bits per heavy atom. The number of benzene rings is 2. The van der Waals surface area contributed by atoms with E-state index in [0.717, 1.165) is 26.7 Å². The average molecular weight is 297 g/mol. The molecule has 0 aliphatic rings. The molecule has 0 aliphatic heterocycles. The molecular formula is C16H15N3OS. The normalized spacial score (nSPS) is 12.3. The highest BCUT2D eigenvalue weighted by molar-refractivity contribution is 7.14. The zero-order valence-corrected chi connectivity index (χ0v) is 12.3. The second kappa shape index (κ2) is 5.63. The summed E-state index contributed by atoms with van der Waals surface area (Å²) in [6, 6.07) is 14.9. The first kappa shape index (κ1) is 13.7. The molecule has 1 atom stereocenters. The zero-order chi connectivity index (χ0) is 14.8. The lowest BCUT2D eigenvalue weighted by atomic mass is 10.1. The third-order valence-corrected chi connectivity index (χ3v) is 4.44. The minimum absolute atomic E-state index is 0.261. The summed E-state index contributed by atoms with van der Waals surface area (Å²) in [5.74, 6) is 0.261. The van der Waals surface area contributed by atoms with E-state index in [9.17, 15) is 5.11 Å². The van der Waals surface area contributed by atoms with Crippen molar-refractivity contribution in [1.82, 2.24) is 10.2 Å². The molecule has 0 saturated carbocycles. The van der Waals surface area contributed by atoms with E-state index in [1.807, 2.05) is 43.3 Å². The van der Waals surface area contributed by atoms with Crippen LogP contribution in [0.4, 0.5) is 0 Å². The predicted octanol–water partition coefficient (Wildman–Crippen LogP) is 3.27. The smallest absolute Gasteiger partial charge is 0.148 e. The highest BCUT2D eigenvalue weighted by atomic mass is 32.1. The third-order valence-electron chi connectivity index (χ3n) is 3.40. The van der Waals surface area contributed by atoms with Gasteiger partial charge in [-0.15, -0.1) is 10.2 Å². The third kappa shape index (κ3) is 2.66. The molecule has 5 heteroatoms. The number of nitrogens with two attached hydrogens (primary N) is 1. The molecule has 0 fully saturated rings. The summed E-state index contributed by atoms with van der Waals surface area (Å²) in [6.07, 6.45) is 0. The first-order valence-corrected chi connectivity index (χ1v) is 7.41. The Kier molecular flexibility index (Phi) is 3.68. The lowest BCUT2D eigenvalue weighted by Gasteiger charge is -2.07. The largest absolute Gasteiger partial charge is 0.508 e. The van der Waals surface area contributed by atoms with Crippen molar-refractivity contribution in [3.05, 3.63) is 64.7 Å². The molecule has 1 aromatic heterocycles. The number of phenolic OH excluding ortho intramolecular Hbond substituents is 1. The van der Waals surface area contributed by atoms with E-state index >= 15 is 0 Å². The van der Waals surface area contributed by atoms with E-state index in [1.165, 1.54) is 11.3 Å². The number of hydrogen-bond acceptors (Lipinski definition) is 5. The first-order chi connectivity index (χ1) is 10.2. The van der Waals surface area contributed by atoms with Gasteiger partial charge in [-0.25, -0.2) is 0 Å². The number of aromatic nitrogens is 2. The molecule has 2 aromatic carbocycles.